The van der Waals surface area contributed by atoms with Gasteiger partial charge in [0.25, 0.3) is 0 Å². The zero-order valence-electron chi connectivity index (χ0n) is 11.8. The first-order chi connectivity index (χ1) is 10.1. The molecule has 1 heterocycles. The quantitative estimate of drug-likeness (QED) is 0.341. The number of hydrogen-bond donors (Lipinski definition) is 0. The molecule has 0 saturated carbocycles. The van der Waals surface area contributed by atoms with Gasteiger partial charge in [-0.1, -0.05) is 19.4 Å². The van der Waals surface area contributed by atoms with Crippen molar-refractivity contribution in [1.82, 2.24) is 0 Å². The van der Waals surface area contributed by atoms with Gasteiger partial charge >= 0.3 is 0 Å². The van der Waals surface area contributed by atoms with Crippen LogP contribution in [-0.4, -0.2) is 15.3 Å². The van der Waals surface area contributed by atoms with E-state index in [4.69, 9.17) is 46.0 Å². The van der Waals surface area contributed by atoms with E-state index < -0.39 is 15.3 Å². The van der Waals surface area contributed by atoms with Crippen molar-refractivity contribution >= 4 is 0 Å². The number of nitrogens with zero attached hydrogens (tertiary/aromatic N) is 4. The summed E-state index contributed by atoms with van der Waals surface area (Å²) in [5.74, 6) is 0. The van der Waals surface area contributed by atoms with E-state index >= 15 is 0 Å². The zero-order chi connectivity index (χ0) is 18.0. The van der Waals surface area contributed by atoms with Crippen LogP contribution >= 0.6 is 0 Å². The average Bonchev–Trinajstić information content (AvgIpc) is 2.35. The molecule has 23 heavy (non-hydrogen) atoms. The number of aryl methyl sites for hydroxylation is 1. The molecule has 0 aliphatic carbocycles. The Morgan fingerprint density at radius 2 is 1.09 bits per heavy atom. The van der Waals surface area contributed by atoms with Crippen molar-refractivity contribution in [1.29, 1.82) is 0 Å². The third kappa shape index (κ3) is 64.7. The van der Waals surface area contributed by atoms with E-state index in [0.29, 0.717) is 0 Å². The predicted molar refractivity (Wildman–Crippen MR) is 72.6 cm³/mol. The minimum Gasteiger partial charge on any atom is -0.356 e. The fourth-order valence-electron chi connectivity index (χ4n) is 0.924. The molecule has 0 aliphatic heterocycles. The number of rotatable bonds is 3. The van der Waals surface area contributed by atoms with Crippen LogP contribution in [0, 0.1) is 84.1 Å². The molecule has 1 aromatic rings. The monoisotopic (exact) mass is 486 g/mol. The summed E-state index contributed by atoms with van der Waals surface area (Å²) in [4.78, 5) is 24.8. The molecule has 1 aromatic heterocycles. The van der Waals surface area contributed by atoms with Crippen LogP contribution in [-0.2, 0) is 6.54 Å². The maximum Gasteiger partial charge on any atom is 0.168 e. The second kappa shape index (κ2) is 22.3. The van der Waals surface area contributed by atoms with Crippen molar-refractivity contribution in [2.75, 3.05) is 0 Å². The summed E-state index contributed by atoms with van der Waals surface area (Å²) < 4.78 is 2.21. The van der Waals surface area contributed by atoms with Gasteiger partial charge in [-0.3, -0.25) is 0 Å². The van der Waals surface area contributed by atoms with Crippen LogP contribution in [0.15, 0.2) is 30.6 Å². The van der Waals surface area contributed by atoms with E-state index in [-0.39, 0.29) is 38.2 Å². The smallest absolute Gasteiger partial charge is 0.168 e. The van der Waals surface area contributed by atoms with Crippen LogP contribution in [0.5, 0.6) is 0 Å². The number of hydrogen-bond acceptors (Lipinski definition) is 9. The topological polar surface area (TPSA) is 202 Å². The predicted octanol–water partition coefficient (Wildman–Crippen LogP) is 1.06. The Hall–Kier alpha value is -1.98. The van der Waals surface area contributed by atoms with Gasteiger partial charge in [-0.2, -0.15) is 0 Å². The summed E-state index contributed by atoms with van der Waals surface area (Å²) in [6.07, 6.45) is 6.75. The van der Waals surface area contributed by atoms with E-state index in [1.165, 1.54) is 12.8 Å². The second-order valence-corrected chi connectivity index (χ2v) is 3.14. The van der Waals surface area contributed by atoms with E-state index in [9.17, 15) is 0 Å². The van der Waals surface area contributed by atoms with E-state index in [1.54, 1.807) is 0 Å². The summed E-state index contributed by atoms with van der Waals surface area (Å²) in [6, 6.07) is 6.17. The molecule has 0 spiro atoms. The summed E-state index contributed by atoms with van der Waals surface area (Å²) in [5, 5.41) is 44.2. The van der Waals surface area contributed by atoms with Gasteiger partial charge in [-0.05, 0) is 0 Å². The maximum atomic E-state index is 8.25. The number of aromatic nitrogens is 1. The molecule has 0 fully saturated rings. The molecule has 136 valence electrons. The van der Waals surface area contributed by atoms with Gasteiger partial charge in [0.05, 0.1) is 15.3 Å². The Morgan fingerprint density at radius 3 is 1.35 bits per heavy atom. The van der Waals surface area contributed by atoms with Crippen LogP contribution in [0.25, 0.3) is 0 Å². The largest absolute Gasteiger partial charge is 0.356 e. The van der Waals surface area contributed by atoms with Gasteiger partial charge in [0, 0.05) is 56.7 Å². The Kier molecular flexibility index (Phi) is 28.2. The van der Waals surface area contributed by atoms with Crippen molar-refractivity contribution in [3.05, 3.63) is 76.6 Å². The fraction of sp³-hybridized carbons (Fsp3) is 0.444. The second-order valence-electron chi connectivity index (χ2n) is 3.14. The van der Waals surface area contributed by atoms with Crippen molar-refractivity contribution in [3.8, 4) is 0 Å². The molecule has 0 unspecified atom stereocenters. The summed E-state index contributed by atoms with van der Waals surface area (Å²) in [7, 11) is 0. The molecule has 14 heteroatoms. The molecular weight excluding hydrogens is 471 g/mol. The van der Waals surface area contributed by atoms with Crippen molar-refractivity contribution < 1.29 is 58.0 Å². The van der Waals surface area contributed by atoms with Gasteiger partial charge in [-0.15, -0.1) is 0 Å². The van der Waals surface area contributed by atoms with Crippen molar-refractivity contribution in [2.24, 2.45) is 0 Å². The van der Waals surface area contributed by atoms with Gasteiger partial charge in [0.15, 0.2) is 12.4 Å². The van der Waals surface area contributed by atoms with Crippen LogP contribution in [0.4, 0.5) is 0 Å². The fourth-order valence-corrected chi connectivity index (χ4v) is 0.924. The maximum absolute atomic E-state index is 8.25. The first-order valence-electron chi connectivity index (χ1n) is 5.52. The van der Waals surface area contributed by atoms with Crippen molar-refractivity contribution in [3.63, 3.8) is 0 Å². The molecule has 0 aliphatic rings. The normalized spacial score (nSPS) is 7.35. The molecule has 0 atom stereocenters. The summed E-state index contributed by atoms with van der Waals surface area (Å²) in [5.41, 5.74) is 0. The Morgan fingerprint density at radius 1 is 0.783 bits per heavy atom. The van der Waals surface area contributed by atoms with E-state index in [0.717, 1.165) is 6.54 Å². The van der Waals surface area contributed by atoms with Crippen molar-refractivity contribution in [2.45, 2.75) is 26.3 Å². The van der Waals surface area contributed by atoms with Gasteiger partial charge in [0.2, 0.25) is 0 Å². The Labute approximate surface area is 160 Å². The summed E-state index contributed by atoms with van der Waals surface area (Å²) >= 11 is 0. The zero-order valence-corrected chi connectivity index (χ0v) is 13.8. The molecule has 0 bridgehead atoms. The third-order valence-electron chi connectivity index (χ3n) is 1.55. The van der Waals surface area contributed by atoms with Crippen LogP contribution < -0.4 is 4.57 Å². The molecule has 13 nitrogen and oxygen atoms in total. The first-order valence-corrected chi connectivity index (χ1v) is 5.52. The minimum atomic E-state index is -1.75. The molecule has 0 aromatic carbocycles. The van der Waals surface area contributed by atoms with Gasteiger partial charge in [0.1, 0.15) is 6.54 Å². The first kappa shape index (κ1) is 29.1. The number of unbranched alkanes of at least 4 members (excludes halogenated alkanes) is 1. The SMILES string of the molecule is CCCC[n+]1ccccc1.O=[N+]([O-])[O-].O=[N+]([O-])[O-].O=[N+]([O-])[O-].[Dy]. The summed E-state index contributed by atoms with van der Waals surface area (Å²) in [6.45, 7) is 3.36. The van der Waals surface area contributed by atoms with Crippen LogP contribution in [0.2, 0.25) is 0 Å². The Balaban J connectivity index is -0.000000118. The molecule has 0 N–H and O–H groups in total. The van der Waals surface area contributed by atoms with Gasteiger partial charge < -0.3 is 46.0 Å². The van der Waals surface area contributed by atoms with E-state index in [1.807, 2.05) is 6.07 Å². The standard InChI is InChI=1S/C9H14N.Dy.3NO3/c1-2-3-7-10-8-5-4-6-9-10;;3*2-1(3)4/h4-6,8-9H,2-3,7H2,1H3;;;;/q+1;;3*-1. The number of pyridine rings is 1. The van der Waals surface area contributed by atoms with Crippen LogP contribution in [0.1, 0.15) is 19.8 Å². The molecule has 0 amide bonds. The third-order valence-corrected chi connectivity index (χ3v) is 1.55. The minimum absolute atomic E-state index is 0. The molecule has 0 saturated heterocycles. The molecular formula is C9H14DyN4O9-2. The average molecular weight is 485 g/mol. The van der Waals surface area contributed by atoms with Gasteiger partial charge in [-0.25, -0.2) is 4.57 Å². The van der Waals surface area contributed by atoms with E-state index in [2.05, 4.69) is 36.0 Å². The molecule has 0 radical (unpaired) electrons. The molecule has 1 rings (SSSR count). The Bertz CT molecular complexity index is 380. The van der Waals surface area contributed by atoms with Crippen LogP contribution in [0.3, 0.4) is 0 Å².